The number of H-pyrrole nitrogens is 1. The van der Waals surface area contributed by atoms with Gasteiger partial charge in [0.2, 0.25) is 11.8 Å². The second-order valence-electron chi connectivity index (χ2n) is 6.91. The maximum absolute atomic E-state index is 12.4. The van der Waals surface area contributed by atoms with E-state index < -0.39 is 0 Å². The average molecular weight is 377 g/mol. The molecule has 1 aromatic heterocycles. The molecule has 6 nitrogen and oxygen atoms in total. The summed E-state index contributed by atoms with van der Waals surface area (Å²) >= 11 is 0. The summed E-state index contributed by atoms with van der Waals surface area (Å²) in [4.78, 5) is 38.7. The molecular weight excluding hydrogens is 354 g/mol. The first-order valence-electron chi connectivity index (χ1n) is 9.13. The highest BCUT2D eigenvalue weighted by Gasteiger charge is 2.09. The standard InChI is InChI=1S/C22H23N3O3/c1-13-7-8-16-11-17(22(28)25-21(16)14(13)2)9-10-20(27)24-19-6-4-5-18(12-19)23-15(3)26/h4-8,11-12H,9-10H2,1-3H3,(H,23,26)(H,24,27)(H,25,28). The summed E-state index contributed by atoms with van der Waals surface area (Å²) in [5.74, 6) is -0.371. The molecule has 0 bridgehead atoms. The summed E-state index contributed by atoms with van der Waals surface area (Å²) in [7, 11) is 0. The molecule has 2 aromatic carbocycles. The van der Waals surface area contributed by atoms with Gasteiger partial charge < -0.3 is 15.6 Å². The Hall–Kier alpha value is -3.41. The van der Waals surface area contributed by atoms with E-state index in [0.29, 0.717) is 23.4 Å². The Labute approximate surface area is 163 Å². The van der Waals surface area contributed by atoms with Gasteiger partial charge in [-0.25, -0.2) is 0 Å². The molecule has 0 aliphatic heterocycles. The van der Waals surface area contributed by atoms with Crippen molar-refractivity contribution in [3.8, 4) is 0 Å². The fourth-order valence-corrected chi connectivity index (χ4v) is 3.11. The van der Waals surface area contributed by atoms with Crippen molar-refractivity contribution < 1.29 is 9.59 Å². The molecule has 0 spiro atoms. The summed E-state index contributed by atoms with van der Waals surface area (Å²) in [5.41, 5.74) is 4.64. The van der Waals surface area contributed by atoms with Crippen LogP contribution in [0.4, 0.5) is 11.4 Å². The van der Waals surface area contributed by atoms with E-state index in [1.165, 1.54) is 6.92 Å². The number of aromatic nitrogens is 1. The van der Waals surface area contributed by atoms with Gasteiger partial charge in [-0.05, 0) is 61.0 Å². The van der Waals surface area contributed by atoms with Gasteiger partial charge in [0.25, 0.3) is 5.56 Å². The molecule has 0 radical (unpaired) electrons. The number of hydrogen-bond donors (Lipinski definition) is 3. The van der Waals surface area contributed by atoms with E-state index in [2.05, 4.69) is 15.6 Å². The van der Waals surface area contributed by atoms with Crippen LogP contribution in [-0.2, 0) is 16.0 Å². The van der Waals surface area contributed by atoms with Gasteiger partial charge in [0.05, 0.1) is 5.52 Å². The number of carbonyl (C=O) groups excluding carboxylic acids is 2. The van der Waals surface area contributed by atoms with Crippen LogP contribution >= 0.6 is 0 Å². The maximum atomic E-state index is 12.4. The monoisotopic (exact) mass is 377 g/mol. The number of carbonyl (C=O) groups is 2. The molecule has 0 fully saturated rings. The van der Waals surface area contributed by atoms with Crippen LogP contribution in [0.3, 0.4) is 0 Å². The molecule has 28 heavy (non-hydrogen) atoms. The Balaban J connectivity index is 1.69. The highest BCUT2D eigenvalue weighted by Crippen LogP contribution is 2.19. The number of aromatic amines is 1. The minimum atomic E-state index is -0.195. The third-order valence-electron chi connectivity index (χ3n) is 4.72. The van der Waals surface area contributed by atoms with Gasteiger partial charge in [-0.15, -0.1) is 0 Å². The van der Waals surface area contributed by atoms with Crippen LogP contribution in [0, 0.1) is 13.8 Å². The first-order chi connectivity index (χ1) is 13.3. The predicted molar refractivity (Wildman–Crippen MR) is 112 cm³/mol. The molecule has 0 unspecified atom stereocenters. The van der Waals surface area contributed by atoms with E-state index in [1.54, 1.807) is 24.3 Å². The first-order valence-corrected chi connectivity index (χ1v) is 9.13. The number of aryl methyl sites for hydroxylation is 3. The van der Waals surface area contributed by atoms with Crippen molar-refractivity contribution in [1.29, 1.82) is 0 Å². The van der Waals surface area contributed by atoms with Crippen molar-refractivity contribution in [3.05, 3.63) is 69.5 Å². The van der Waals surface area contributed by atoms with Crippen molar-refractivity contribution in [3.63, 3.8) is 0 Å². The highest BCUT2D eigenvalue weighted by molar-refractivity contribution is 5.93. The lowest BCUT2D eigenvalue weighted by Gasteiger charge is -2.09. The molecular formula is C22H23N3O3. The van der Waals surface area contributed by atoms with Crippen molar-refractivity contribution in [2.75, 3.05) is 10.6 Å². The van der Waals surface area contributed by atoms with Crippen molar-refractivity contribution >= 4 is 34.1 Å². The Bertz CT molecular complexity index is 1120. The van der Waals surface area contributed by atoms with E-state index in [9.17, 15) is 14.4 Å². The zero-order valence-electron chi connectivity index (χ0n) is 16.2. The van der Waals surface area contributed by atoms with Gasteiger partial charge in [-0.3, -0.25) is 14.4 Å². The third kappa shape index (κ3) is 4.46. The summed E-state index contributed by atoms with van der Waals surface area (Å²) in [5, 5.41) is 6.43. The summed E-state index contributed by atoms with van der Waals surface area (Å²) < 4.78 is 0. The number of benzene rings is 2. The minimum Gasteiger partial charge on any atom is -0.326 e. The van der Waals surface area contributed by atoms with Crippen LogP contribution in [0.1, 0.15) is 30.0 Å². The summed E-state index contributed by atoms with van der Waals surface area (Å²) in [6.45, 7) is 5.41. The molecule has 3 aromatic rings. The van der Waals surface area contributed by atoms with E-state index in [-0.39, 0.29) is 23.8 Å². The summed E-state index contributed by atoms with van der Waals surface area (Å²) in [6.07, 6.45) is 0.527. The lowest BCUT2D eigenvalue weighted by molar-refractivity contribution is -0.116. The summed E-state index contributed by atoms with van der Waals surface area (Å²) in [6, 6.07) is 12.8. The van der Waals surface area contributed by atoms with Crippen LogP contribution in [0.5, 0.6) is 0 Å². The Morgan fingerprint density at radius 3 is 2.43 bits per heavy atom. The maximum Gasteiger partial charge on any atom is 0.251 e. The zero-order chi connectivity index (χ0) is 20.3. The molecule has 6 heteroatoms. The van der Waals surface area contributed by atoms with Gasteiger partial charge >= 0.3 is 0 Å². The normalized spacial score (nSPS) is 10.7. The lowest BCUT2D eigenvalue weighted by atomic mass is 10.0. The largest absolute Gasteiger partial charge is 0.326 e. The number of amides is 2. The van der Waals surface area contributed by atoms with Crippen molar-refractivity contribution in [2.24, 2.45) is 0 Å². The predicted octanol–water partition coefficient (Wildman–Crippen LogP) is 3.67. The molecule has 0 aliphatic carbocycles. The number of nitrogens with one attached hydrogen (secondary N) is 3. The highest BCUT2D eigenvalue weighted by atomic mass is 16.2. The topological polar surface area (TPSA) is 91.1 Å². The first kappa shape index (κ1) is 19.4. The number of anilines is 2. The van der Waals surface area contributed by atoms with Crippen LogP contribution < -0.4 is 16.2 Å². The Morgan fingerprint density at radius 1 is 1.00 bits per heavy atom. The molecule has 0 saturated heterocycles. The zero-order valence-corrected chi connectivity index (χ0v) is 16.2. The molecule has 0 saturated carbocycles. The van der Waals surface area contributed by atoms with Crippen LogP contribution in [-0.4, -0.2) is 16.8 Å². The Kier molecular flexibility index (Phi) is 5.59. The van der Waals surface area contributed by atoms with Gasteiger partial charge in [0, 0.05) is 30.3 Å². The molecule has 3 rings (SSSR count). The van der Waals surface area contributed by atoms with E-state index >= 15 is 0 Å². The lowest BCUT2D eigenvalue weighted by Crippen LogP contribution is -2.17. The van der Waals surface area contributed by atoms with Crippen LogP contribution in [0.2, 0.25) is 0 Å². The Morgan fingerprint density at radius 2 is 1.71 bits per heavy atom. The quantitative estimate of drug-likeness (QED) is 0.633. The number of hydrogen-bond acceptors (Lipinski definition) is 3. The fourth-order valence-electron chi connectivity index (χ4n) is 3.11. The number of rotatable bonds is 5. The van der Waals surface area contributed by atoms with Crippen LogP contribution in [0.25, 0.3) is 10.9 Å². The molecule has 144 valence electrons. The molecule has 0 atom stereocenters. The van der Waals surface area contributed by atoms with Crippen molar-refractivity contribution in [2.45, 2.75) is 33.6 Å². The van der Waals surface area contributed by atoms with Gasteiger partial charge in [0.1, 0.15) is 0 Å². The number of fused-ring (bicyclic) bond motifs is 1. The second kappa shape index (κ2) is 8.08. The third-order valence-corrected chi connectivity index (χ3v) is 4.72. The van der Waals surface area contributed by atoms with Gasteiger partial charge in [-0.2, -0.15) is 0 Å². The molecule has 3 N–H and O–H groups in total. The van der Waals surface area contributed by atoms with Gasteiger partial charge in [-0.1, -0.05) is 18.2 Å². The molecule has 2 amide bonds. The second-order valence-corrected chi connectivity index (χ2v) is 6.91. The number of pyridine rings is 1. The fraction of sp³-hybridized carbons (Fsp3) is 0.227. The van der Waals surface area contributed by atoms with E-state index in [1.807, 2.05) is 32.0 Å². The molecule has 0 aliphatic rings. The minimum absolute atomic E-state index is 0.165. The smallest absolute Gasteiger partial charge is 0.251 e. The van der Waals surface area contributed by atoms with E-state index in [0.717, 1.165) is 22.0 Å². The van der Waals surface area contributed by atoms with Crippen LogP contribution in [0.15, 0.2) is 47.3 Å². The molecule has 1 heterocycles. The van der Waals surface area contributed by atoms with E-state index in [4.69, 9.17) is 0 Å². The van der Waals surface area contributed by atoms with Crippen molar-refractivity contribution in [1.82, 2.24) is 4.98 Å². The SMILES string of the molecule is CC(=O)Nc1cccc(NC(=O)CCc2cc3ccc(C)c(C)c3[nH]c2=O)c1. The van der Waals surface area contributed by atoms with Gasteiger partial charge in [0.15, 0.2) is 0 Å². The average Bonchev–Trinajstić information content (AvgIpc) is 2.63.